The molecule has 0 bridgehead atoms. The number of aliphatic hydroxyl groups excluding tert-OH is 11. The molecule has 3 aliphatic rings. The van der Waals surface area contributed by atoms with Crippen LogP contribution in [-0.4, -0.2) is 193 Å². The van der Waals surface area contributed by atoms with Gasteiger partial charge in [-0.3, -0.25) is 4.79 Å². The summed E-state index contributed by atoms with van der Waals surface area (Å²) in [7, 11) is 0. The molecule has 19 heteroatoms. The van der Waals surface area contributed by atoms with E-state index in [1.54, 1.807) is 6.08 Å². The summed E-state index contributed by atoms with van der Waals surface area (Å²) in [5.74, 6) is -0.268. The van der Waals surface area contributed by atoms with Crippen molar-refractivity contribution in [3.63, 3.8) is 0 Å². The number of hydrogen-bond acceptors (Lipinski definition) is 18. The maximum Gasteiger partial charge on any atom is 0.220 e. The number of ether oxygens (including phenoxy) is 6. The fourth-order valence-electron chi connectivity index (χ4n) is 14.3. The topological polar surface area (TPSA) is 307 Å². The van der Waals surface area contributed by atoms with E-state index in [1.165, 1.54) is 283 Å². The number of aliphatic hydroxyl groups is 11. The minimum Gasteiger partial charge on any atom is -0.394 e. The first-order valence-corrected chi connectivity index (χ1v) is 40.9. The fraction of sp³-hybridized carbons (Fsp3) is 0.962. The normalized spacial score (nSPS) is 26.7. The van der Waals surface area contributed by atoms with Gasteiger partial charge in [0.25, 0.3) is 0 Å². The van der Waals surface area contributed by atoms with Crippen LogP contribution in [-0.2, 0) is 33.2 Å². The highest BCUT2D eigenvalue weighted by atomic mass is 16.8. The van der Waals surface area contributed by atoms with Gasteiger partial charge in [0, 0.05) is 6.42 Å². The number of allylic oxidation sites excluding steroid dienone is 1. The van der Waals surface area contributed by atoms with E-state index in [2.05, 4.69) is 19.2 Å². The van der Waals surface area contributed by atoms with Gasteiger partial charge in [-0.15, -0.1) is 0 Å². The molecule has 0 aromatic heterocycles. The van der Waals surface area contributed by atoms with Crippen LogP contribution in [0.15, 0.2) is 12.2 Å². The number of unbranched alkanes of at least 4 members (excludes halogenated alkanes) is 50. The average molecular weight is 1400 g/mol. The predicted molar refractivity (Wildman–Crippen MR) is 388 cm³/mol. The Bertz CT molecular complexity index is 1820. The van der Waals surface area contributed by atoms with Crippen molar-refractivity contribution in [2.45, 2.75) is 458 Å². The van der Waals surface area contributed by atoms with E-state index >= 15 is 0 Å². The zero-order valence-electron chi connectivity index (χ0n) is 62.1. The standard InChI is InChI=1S/C79H151NO18/c1-3-5-7-9-11-13-15-17-18-19-20-21-22-23-24-25-26-27-28-29-30-31-32-33-34-35-36-37-38-39-40-41-42-43-45-47-49-51-53-55-57-67(85)80-62(63(84)56-54-52-50-48-46-44-16-14-12-10-8-6-4-2)61-93-77-73(91)70(88)75(65(59-82)95-77)98-79-74(92)71(89)76(66(60-83)96-79)97-78-72(90)69(87)68(86)64(58-81)94-78/h54,56,62-66,68-79,81-84,86-92H,3-53,55,57-61H2,1-2H3,(H,80,85)/b56-54+. The molecule has 0 aliphatic carbocycles. The Kier molecular flexibility index (Phi) is 56.3. The number of amides is 1. The monoisotopic (exact) mass is 1400 g/mol. The van der Waals surface area contributed by atoms with Crippen molar-refractivity contribution in [1.29, 1.82) is 0 Å². The zero-order chi connectivity index (χ0) is 71.1. The van der Waals surface area contributed by atoms with Crippen LogP contribution >= 0.6 is 0 Å². The Morgan fingerprint density at radius 3 is 0.959 bits per heavy atom. The second-order valence-corrected chi connectivity index (χ2v) is 29.6. The second kappa shape index (κ2) is 60.8. The van der Waals surface area contributed by atoms with Crippen LogP contribution in [0.4, 0.5) is 0 Å². The van der Waals surface area contributed by atoms with E-state index in [4.69, 9.17) is 28.4 Å². The number of carbonyl (C=O) groups excluding carboxylic acids is 1. The summed E-state index contributed by atoms with van der Waals surface area (Å²) >= 11 is 0. The van der Waals surface area contributed by atoms with Crippen LogP contribution < -0.4 is 5.32 Å². The van der Waals surface area contributed by atoms with Crippen LogP contribution in [0.5, 0.6) is 0 Å². The molecule has 3 saturated heterocycles. The average Bonchev–Trinajstić information content (AvgIpc) is 0.784. The Balaban J connectivity index is 1.26. The number of carbonyl (C=O) groups is 1. The molecular weight excluding hydrogens is 1250 g/mol. The second-order valence-electron chi connectivity index (χ2n) is 29.6. The third kappa shape index (κ3) is 40.7. The summed E-state index contributed by atoms with van der Waals surface area (Å²) in [5.41, 5.74) is 0. The molecule has 3 heterocycles. The van der Waals surface area contributed by atoms with Crippen LogP contribution in [0.25, 0.3) is 0 Å². The molecule has 3 aliphatic heterocycles. The first-order valence-electron chi connectivity index (χ1n) is 40.9. The molecule has 3 fully saturated rings. The molecule has 1 amide bonds. The summed E-state index contributed by atoms with van der Waals surface area (Å²) in [6.45, 7) is 1.77. The fourth-order valence-corrected chi connectivity index (χ4v) is 14.3. The van der Waals surface area contributed by atoms with E-state index in [0.29, 0.717) is 6.42 Å². The molecule has 580 valence electrons. The lowest BCUT2D eigenvalue weighted by molar-refractivity contribution is -0.379. The number of rotatable bonds is 66. The summed E-state index contributed by atoms with van der Waals surface area (Å²) in [6, 6.07) is -0.969. The van der Waals surface area contributed by atoms with Gasteiger partial charge in [-0.05, 0) is 19.3 Å². The van der Waals surface area contributed by atoms with Crippen LogP contribution in [0, 0.1) is 0 Å². The summed E-state index contributed by atoms with van der Waals surface area (Å²) < 4.78 is 34.4. The third-order valence-corrected chi connectivity index (χ3v) is 20.8. The van der Waals surface area contributed by atoms with Crippen molar-refractivity contribution in [2.75, 3.05) is 26.4 Å². The van der Waals surface area contributed by atoms with Crippen LogP contribution in [0.2, 0.25) is 0 Å². The highest BCUT2D eigenvalue weighted by Crippen LogP contribution is 2.33. The largest absolute Gasteiger partial charge is 0.394 e. The van der Waals surface area contributed by atoms with Gasteiger partial charge in [0.15, 0.2) is 18.9 Å². The van der Waals surface area contributed by atoms with E-state index in [0.717, 1.165) is 44.9 Å². The van der Waals surface area contributed by atoms with Gasteiger partial charge in [0.2, 0.25) is 5.91 Å². The van der Waals surface area contributed by atoms with Gasteiger partial charge in [0.05, 0.1) is 38.6 Å². The molecule has 19 nitrogen and oxygen atoms in total. The van der Waals surface area contributed by atoms with Crippen molar-refractivity contribution in [3.05, 3.63) is 12.2 Å². The SMILES string of the molecule is CCCCCCCCCCCCC/C=C/C(O)C(COC1OC(CO)C(OC2OC(CO)C(OC3OC(CO)C(O)C(O)C3O)C(O)C2O)C(O)C1O)NC(=O)CCCCCCCCCCCCCCCCCCCCCCCCCCCCCCCCCCCCCCCCCC. The molecule has 0 aromatic rings. The highest BCUT2D eigenvalue weighted by Gasteiger charge is 2.54. The minimum absolute atomic E-state index is 0.250. The molecule has 3 rings (SSSR count). The van der Waals surface area contributed by atoms with E-state index in [-0.39, 0.29) is 18.9 Å². The quantitative estimate of drug-likeness (QED) is 0.0199. The molecule has 0 spiro atoms. The van der Waals surface area contributed by atoms with Crippen molar-refractivity contribution in [3.8, 4) is 0 Å². The highest BCUT2D eigenvalue weighted by molar-refractivity contribution is 5.76. The van der Waals surface area contributed by atoms with E-state index in [9.17, 15) is 61.0 Å². The molecule has 98 heavy (non-hydrogen) atoms. The van der Waals surface area contributed by atoms with Gasteiger partial charge < -0.3 is 89.9 Å². The molecule has 0 radical (unpaired) electrons. The van der Waals surface area contributed by atoms with Crippen molar-refractivity contribution in [2.24, 2.45) is 0 Å². The molecule has 17 unspecified atom stereocenters. The van der Waals surface area contributed by atoms with Gasteiger partial charge in [-0.25, -0.2) is 0 Å². The van der Waals surface area contributed by atoms with Gasteiger partial charge in [-0.2, -0.15) is 0 Å². The smallest absolute Gasteiger partial charge is 0.220 e. The Labute approximate surface area is 595 Å². The third-order valence-electron chi connectivity index (χ3n) is 20.8. The Morgan fingerprint density at radius 1 is 0.357 bits per heavy atom. The summed E-state index contributed by atoms with van der Waals surface area (Å²) in [5, 5.41) is 121. The predicted octanol–water partition coefficient (Wildman–Crippen LogP) is 13.6. The van der Waals surface area contributed by atoms with Gasteiger partial charge >= 0.3 is 0 Å². The first kappa shape index (κ1) is 90.7. The minimum atomic E-state index is -1.98. The first-order chi connectivity index (χ1) is 47.8. The molecule has 17 atom stereocenters. The zero-order valence-corrected chi connectivity index (χ0v) is 62.1. The number of hydrogen-bond donors (Lipinski definition) is 12. The summed E-state index contributed by atoms with van der Waals surface area (Å²) in [4.78, 5) is 13.4. The van der Waals surface area contributed by atoms with Crippen LogP contribution in [0.3, 0.4) is 0 Å². The Morgan fingerprint density at radius 2 is 0.633 bits per heavy atom. The molecule has 12 N–H and O–H groups in total. The molecule has 0 aromatic carbocycles. The lowest BCUT2D eigenvalue weighted by Gasteiger charge is -2.48. The Hall–Kier alpha value is -1.47. The van der Waals surface area contributed by atoms with Crippen molar-refractivity contribution < 1.29 is 89.4 Å². The van der Waals surface area contributed by atoms with Gasteiger partial charge in [0.1, 0.15) is 73.2 Å². The van der Waals surface area contributed by atoms with E-state index in [1.807, 2.05) is 6.08 Å². The number of nitrogens with one attached hydrogen (secondary N) is 1. The van der Waals surface area contributed by atoms with Crippen LogP contribution in [0.1, 0.15) is 354 Å². The summed E-state index contributed by atoms with van der Waals surface area (Å²) in [6.07, 6.45) is 45.4. The van der Waals surface area contributed by atoms with Gasteiger partial charge in [-0.1, -0.05) is 341 Å². The maximum atomic E-state index is 13.4. The van der Waals surface area contributed by atoms with E-state index < -0.39 is 124 Å². The lowest BCUT2D eigenvalue weighted by atomic mass is 9.96. The molecular formula is C79H151NO18. The molecule has 0 saturated carbocycles. The lowest BCUT2D eigenvalue weighted by Crippen LogP contribution is -2.66. The maximum absolute atomic E-state index is 13.4. The van der Waals surface area contributed by atoms with Crippen molar-refractivity contribution in [1.82, 2.24) is 5.32 Å². The van der Waals surface area contributed by atoms with Crippen molar-refractivity contribution >= 4 is 5.91 Å².